The Morgan fingerprint density at radius 2 is 2.09 bits per heavy atom. The zero-order chi connectivity index (χ0) is 17.0. The first kappa shape index (κ1) is 17.7. The van der Waals surface area contributed by atoms with E-state index in [0.717, 1.165) is 18.1 Å². The summed E-state index contributed by atoms with van der Waals surface area (Å²) in [6.07, 6.45) is 1.79. The van der Waals surface area contributed by atoms with E-state index < -0.39 is 0 Å². The number of likely N-dealkylation sites (tertiary alicyclic amines) is 1. The second kappa shape index (κ2) is 7.73. The van der Waals surface area contributed by atoms with Crippen molar-refractivity contribution in [2.24, 2.45) is 11.8 Å². The Hall–Kier alpha value is -1.69. The fourth-order valence-corrected chi connectivity index (χ4v) is 3.07. The highest BCUT2D eigenvalue weighted by molar-refractivity contribution is 5.76. The van der Waals surface area contributed by atoms with Gasteiger partial charge in [0.05, 0.1) is 6.61 Å². The number of nitrogens with one attached hydrogen (secondary N) is 1. The maximum Gasteiger partial charge on any atom is 0.224 e. The van der Waals surface area contributed by atoms with Gasteiger partial charge in [-0.1, -0.05) is 27.7 Å². The van der Waals surface area contributed by atoms with Crippen molar-refractivity contribution in [2.45, 2.75) is 46.1 Å². The van der Waals surface area contributed by atoms with Crippen LogP contribution < -0.4 is 5.32 Å². The van der Waals surface area contributed by atoms with Gasteiger partial charge in [-0.3, -0.25) is 4.79 Å². The largest absolute Gasteiger partial charge is 0.396 e. The monoisotopic (exact) mass is 320 g/mol. The van der Waals surface area contributed by atoms with Crippen LogP contribution in [0, 0.1) is 11.8 Å². The van der Waals surface area contributed by atoms with Gasteiger partial charge in [0, 0.05) is 43.2 Å². The molecule has 2 atom stereocenters. The summed E-state index contributed by atoms with van der Waals surface area (Å²) in [5.74, 6) is 2.02. The number of nitrogens with zero attached hydrogens (tertiary/aromatic N) is 3. The summed E-state index contributed by atoms with van der Waals surface area (Å²) in [6, 6.07) is 2.16. The SMILES string of the molecule is CC(C)c1cc(N[C@H]2CN(C(=O)CCO)C[C@@H]2C(C)C)ncn1. The number of hydrogen-bond donors (Lipinski definition) is 2. The van der Waals surface area contributed by atoms with Crippen molar-refractivity contribution in [3.63, 3.8) is 0 Å². The van der Waals surface area contributed by atoms with Crippen LogP contribution in [0.3, 0.4) is 0 Å². The van der Waals surface area contributed by atoms with Crippen molar-refractivity contribution in [3.05, 3.63) is 18.1 Å². The minimum absolute atomic E-state index is 0.0213. The molecule has 0 saturated carbocycles. The van der Waals surface area contributed by atoms with Gasteiger partial charge < -0.3 is 15.3 Å². The fraction of sp³-hybridized carbons (Fsp3) is 0.706. The van der Waals surface area contributed by atoms with E-state index in [4.69, 9.17) is 5.11 Å². The molecule has 2 heterocycles. The van der Waals surface area contributed by atoms with Crippen LogP contribution in [0.15, 0.2) is 12.4 Å². The highest BCUT2D eigenvalue weighted by atomic mass is 16.3. The maximum absolute atomic E-state index is 12.1. The second-order valence-electron chi connectivity index (χ2n) is 6.91. The van der Waals surface area contributed by atoms with Gasteiger partial charge >= 0.3 is 0 Å². The van der Waals surface area contributed by atoms with Gasteiger partial charge in [0.15, 0.2) is 0 Å². The molecular formula is C17H28N4O2. The van der Waals surface area contributed by atoms with E-state index in [1.807, 2.05) is 11.0 Å². The molecule has 6 nitrogen and oxygen atoms in total. The number of aromatic nitrogens is 2. The van der Waals surface area contributed by atoms with Crippen LogP contribution in [0.2, 0.25) is 0 Å². The van der Waals surface area contributed by atoms with Crippen molar-refractivity contribution in [3.8, 4) is 0 Å². The Labute approximate surface area is 138 Å². The highest BCUT2D eigenvalue weighted by Crippen LogP contribution is 2.27. The summed E-state index contributed by atoms with van der Waals surface area (Å²) >= 11 is 0. The number of anilines is 1. The van der Waals surface area contributed by atoms with Gasteiger partial charge in [0.25, 0.3) is 0 Å². The Kier molecular flexibility index (Phi) is 5.93. The molecule has 0 spiro atoms. The smallest absolute Gasteiger partial charge is 0.224 e. The van der Waals surface area contributed by atoms with Gasteiger partial charge in [-0.15, -0.1) is 0 Å². The van der Waals surface area contributed by atoms with Crippen molar-refractivity contribution < 1.29 is 9.90 Å². The molecule has 1 aromatic rings. The van der Waals surface area contributed by atoms with Gasteiger partial charge in [-0.25, -0.2) is 9.97 Å². The summed E-state index contributed by atoms with van der Waals surface area (Å²) in [4.78, 5) is 22.5. The summed E-state index contributed by atoms with van der Waals surface area (Å²) in [5.41, 5.74) is 1.01. The van der Waals surface area contributed by atoms with E-state index in [-0.39, 0.29) is 25.0 Å². The third kappa shape index (κ3) is 4.41. The predicted octanol–water partition coefficient (Wildman–Crippen LogP) is 1.88. The third-order valence-electron chi connectivity index (χ3n) is 4.51. The fourth-order valence-electron chi connectivity index (χ4n) is 3.07. The Morgan fingerprint density at radius 3 is 2.70 bits per heavy atom. The molecule has 0 radical (unpaired) electrons. The Balaban J connectivity index is 2.10. The lowest BCUT2D eigenvalue weighted by Gasteiger charge is -2.23. The number of rotatable bonds is 6. The summed E-state index contributed by atoms with van der Waals surface area (Å²) in [5, 5.41) is 12.5. The summed E-state index contributed by atoms with van der Waals surface area (Å²) in [7, 11) is 0. The van der Waals surface area contributed by atoms with E-state index in [1.54, 1.807) is 6.33 Å². The van der Waals surface area contributed by atoms with Crippen LogP contribution >= 0.6 is 0 Å². The molecule has 0 unspecified atom stereocenters. The van der Waals surface area contributed by atoms with Gasteiger partial charge in [0.2, 0.25) is 5.91 Å². The first-order valence-corrected chi connectivity index (χ1v) is 8.39. The van der Waals surface area contributed by atoms with Crippen molar-refractivity contribution >= 4 is 11.7 Å². The Bertz CT molecular complexity index is 533. The van der Waals surface area contributed by atoms with Crippen LogP contribution in [0.4, 0.5) is 5.82 Å². The molecule has 0 aliphatic carbocycles. The van der Waals surface area contributed by atoms with Crippen molar-refractivity contribution in [1.82, 2.24) is 14.9 Å². The standard InChI is InChI=1S/C17H28N4O2/c1-11(2)13-8-21(17(23)5-6-22)9-15(13)20-16-7-14(12(3)4)18-10-19-16/h7,10-13,15,22H,5-6,8-9H2,1-4H3,(H,18,19,20)/t13-,15+/m1/s1. The lowest BCUT2D eigenvalue weighted by atomic mass is 9.91. The average Bonchev–Trinajstić information content (AvgIpc) is 2.92. The van der Waals surface area contributed by atoms with E-state index in [1.165, 1.54) is 0 Å². The number of carbonyl (C=O) groups excluding carboxylic acids is 1. The second-order valence-corrected chi connectivity index (χ2v) is 6.91. The molecular weight excluding hydrogens is 292 g/mol. The lowest BCUT2D eigenvalue weighted by molar-refractivity contribution is -0.131. The van der Waals surface area contributed by atoms with Crippen LogP contribution in [0.25, 0.3) is 0 Å². The topological polar surface area (TPSA) is 78.4 Å². The molecule has 1 aromatic heterocycles. The normalized spacial score (nSPS) is 21.3. The van der Waals surface area contributed by atoms with Gasteiger partial charge in [0.1, 0.15) is 12.1 Å². The molecule has 128 valence electrons. The summed E-state index contributed by atoms with van der Waals surface area (Å²) in [6.45, 7) is 9.86. The molecule has 1 amide bonds. The Morgan fingerprint density at radius 1 is 1.35 bits per heavy atom. The van der Waals surface area contributed by atoms with Crippen LogP contribution in [-0.2, 0) is 4.79 Å². The number of aliphatic hydroxyl groups is 1. The van der Waals surface area contributed by atoms with E-state index >= 15 is 0 Å². The maximum atomic E-state index is 12.1. The molecule has 23 heavy (non-hydrogen) atoms. The molecule has 2 N–H and O–H groups in total. The molecule has 1 aliphatic heterocycles. The molecule has 2 rings (SSSR count). The van der Waals surface area contributed by atoms with Gasteiger partial charge in [-0.05, 0) is 11.8 Å². The quantitative estimate of drug-likeness (QED) is 0.837. The van der Waals surface area contributed by atoms with Crippen LogP contribution in [0.5, 0.6) is 0 Å². The lowest BCUT2D eigenvalue weighted by Crippen LogP contribution is -2.33. The third-order valence-corrected chi connectivity index (χ3v) is 4.51. The molecule has 0 bridgehead atoms. The van der Waals surface area contributed by atoms with Crippen molar-refractivity contribution in [2.75, 3.05) is 25.0 Å². The van der Waals surface area contributed by atoms with E-state index in [0.29, 0.717) is 24.3 Å². The summed E-state index contributed by atoms with van der Waals surface area (Å²) < 4.78 is 0. The van der Waals surface area contributed by atoms with Crippen molar-refractivity contribution in [1.29, 1.82) is 0 Å². The van der Waals surface area contributed by atoms with E-state index in [2.05, 4.69) is 43.0 Å². The minimum atomic E-state index is -0.0938. The molecule has 1 aliphatic rings. The number of hydrogen-bond acceptors (Lipinski definition) is 5. The van der Waals surface area contributed by atoms with Crippen LogP contribution in [-0.4, -0.2) is 51.6 Å². The minimum Gasteiger partial charge on any atom is -0.396 e. The molecule has 1 saturated heterocycles. The van der Waals surface area contributed by atoms with Gasteiger partial charge in [-0.2, -0.15) is 0 Å². The predicted molar refractivity (Wildman–Crippen MR) is 90.1 cm³/mol. The zero-order valence-electron chi connectivity index (χ0n) is 14.5. The van der Waals surface area contributed by atoms with E-state index in [9.17, 15) is 4.79 Å². The van der Waals surface area contributed by atoms with Crippen LogP contribution in [0.1, 0.15) is 45.7 Å². The molecule has 6 heteroatoms. The highest BCUT2D eigenvalue weighted by Gasteiger charge is 2.36. The average molecular weight is 320 g/mol. The molecule has 1 fully saturated rings. The first-order valence-electron chi connectivity index (χ1n) is 8.39. The first-order chi connectivity index (χ1) is 10.9. The molecule has 0 aromatic carbocycles. The zero-order valence-corrected chi connectivity index (χ0v) is 14.5. The number of amides is 1. The number of aliphatic hydroxyl groups excluding tert-OH is 1. The number of carbonyl (C=O) groups is 1.